The first-order valence-corrected chi connectivity index (χ1v) is 10.1. The van der Waals surface area contributed by atoms with Crippen molar-refractivity contribution in [2.24, 2.45) is 0 Å². The summed E-state index contributed by atoms with van der Waals surface area (Å²) in [5.74, 6) is 0.154. The van der Waals surface area contributed by atoms with Gasteiger partial charge >= 0.3 is 0 Å². The number of carbonyl (C=O) groups excluding carboxylic acids is 1. The Labute approximate surface area is 162 Å². The molecule has 0 aliphatic heterocycles. The molecule has 2 N–H and O–H groups in total. The first-order valence-electron chi connectivity index (χ1n) is 8.66. The number of hydrogen-bond donors (Lipinski definition) is 2. The summed E-state index contributed by atoms with van der Waals surface area (Å²) in [7, 11) is -2.54. The zero-order valence-electron chi connectivity index (χ0n) is 15.8. The van der Waals surface area contributed by atoms with Crippen LogP contribution in [0.4, 0.5) is 5.82 Å². The third-order valence-corrected chi connectivity index (χ3v) is 5.59. The molecule has 0 aliphatic carbocycles. The van der Waals surface area contributed by atoms with Crippen molar-refractivity contribution in [2.75, 3.05) is 11.8 Å². The van der Waals surface area contributed by atoms with Gasteiger partial charge in [-0.15, -0.1) is 0 Å². The topological polar surface area (TPSA) is 111 Å². The standard InChI is InChI=1S/C19H21N3O5S/c1-4-13-5-8-17(26-3)18(10-13)28(24,25)22-19-15-9-14(11-20-12(2)23)6-7-16(15)27-21-19/h5-10H,4,11H2,1-3H3,(H,20,23)(H,21,22). The molecule has 28 heavy (non-hydrogen) atoms. The van der Waals surface area contributed by atoms with Crippen molar-refractivity contribution in [3.05, 3.63) is 47.5 Å². The molecule has 0 spiro atoms. The highest BCUT2D eigenvalue weighted by atomic mass is 32.2. The van der Waals surface area contributed by atoms with Crippen LogP contribution in [0.15, 0.2) is 45.8 Å². The monoisotopic (exact) mass is 403 g/mol. The molecule has 3 aromatic rings. The van der Waals surface area contributed by atoms with Gasteiger partial charge in [0.05, 0.1) is 12.5 Å². The molecule has 0 saturated heterocycles. The molecule has 0 unspecified atom stereocenters. The molecule has 9 heteroatoms. The lowest BCUT2D eigenvalue weighted by Crippen LogP contribution is -2.18. The minimum Gasteiger partial charge on any atom is -0.495 e. The number of rotatable bonds is 7. The summed E-state index contributed by atoms with van der Waals surface area (Å²) in [6.07, 6.45) is 0.686. The first-order chi connectivity index (χ1) is 13.3. The van der Waals surface area contributed by atoms with Crippen molar-refractivity contribution in [2.45, 2.75) is 31.7 Å². The van der Waals surface area contributed by atoms with Crippen LogP contribution in [0.3, 0.4) is 0 Å². The minimum atomic E-state index is -3.96. The fourth-order valence-corrected chi connectivity index (χ4v) is 3.96. The van der Waals surface area contributed by atoms with Crippen molar-refractivity contribution in [1.29, 1.82) is 0 Å². The van der Waals surface area contributed by atoms with Gasteiger partial charge in [-0.1, -0.05) is 24.2 Å². The third kappa shape index (κ3) is 4.09. The second-order valence-electron chi connectivity index (χ2n) is 6.22. The van der Waals surface area contributed by atoms with E-state index in [1.54, 1.807) is 30.3 Å². The Morgan fingerprint density at radius 1 is 1.18 bits per heavy atom. The molecule has 1 heterocycles. The van der Waals surface area contributed by atoms with Crippen LogP contribution in [-0.4, -0.2) is 26.6 Å². The maximum Gasteiger partial charge on any atom is 0.266 e. The smallest absolute Gasteiger partial charge is 0.266 e. The van der Waals surface area contributed by atoms with Crippen LogP contribution in [0.25, 0.3) is 11.0 Å². The number of carbonyl (C=O) groups is 1. The SMILES string of the molecule is CCc1ccc(OC)c(S(=O)(=O)Nc2noc3ccc(CNC(C)=O)cc23)c1. The molecular formula is C19H21N3O5S. The van der Waals surface area contributed by atoms with E-state index in [-0.39, 0.29) is 22.4 Å². The average Bonchev–Trinajstić information content (AvgIpc) is 3.07. The van der Waals surface area contributed by atoms with Gasteiger partial charge in [-0.05, 0) is 41.8 Å². The second kappa shape index (κ2) is 7.89. The number of aromatic nitrogens is 1. The molecule has 148 valence electrons. The van der Waals surface area contributed by atoms with Gasteiger partial charge in [-0.25, -0.2) is 8.42 Å². The quantitative estimate of drug-likeness (QED) is 0.628. The Bertz CT molecular complexity index is 1120. The second-order valence-corrected chi connectivity index (χ2v) is 7.87. The molecule has 0 fully saturated rings. The summed E-state index contributed by atoms with van der Waals surface area (Å²) in [4.78, 5) is 11.1. The lowest BCUT2D eigenvalue weighted by molar-refractivity contribution is -0.119. The van der Waals surface area contributed by atoms with E-state index in [4.69, 9.17) is 9.26 Å². The molecule has 0 saturated carbocycles. The number of amides is 1. The van der Waals surface area contributed by atoms with Crippen molar-refractivity contribution in [3.8, 4) is 5.75 Å². The number of nitrogens with zero attached hydrogens (tertiary/aromatic N) is 1. The van der Waals surface area contributed by atoms with Crippen molar-refractivity contribution >= 4 is 32.7 Å². The van der Waals surface area contributed by atoms with Crippen molar-refractivity contribution < 1.29 is 22.5 Å². The lowest BCUT2D eigenvalue weighted by atomic mass is 10.1. The van der Waals surface area contributed by atoms with Crippen LogP contribution in [0.1, 0.15) is 25.0 Å². The van der Waals surface area contributed by atoms with E-state index in [2.05, 4.69) is 15.2 Å². The van der Waals surface area contributed by atoms with Crippen molar-refractivity contribution in [1.82, 2.24) is 10.5 Å². The Hall–Kier alpha value is -3.07. The van der Waals surface area contributed by atoms with Crippen LogP contribution in [0, 0.1) is 0 Å². The van der Waals surface area contributed by atoms with Crippen LogP contribution in [0.2, 0.25) is 0 Å². The van der Waals surface area contributed by atoms with E-state index in [1.165, 1.54) is 14.0 Å². The molecule has 8 nitrogen and oxygen atoms in total. The number of aryl methyl sites for hydroxylation is 1. The number of benzene rings is 2. The number of nitrogens with one attached hydrogen (secondary N) is 2. The van der Waals surface area contributed by atoms with Crippen LogP contribution >= 0.6 is 0 Å². The molecule has 0 bridgehead atoms. The molecule has 2 aromatic carbocycles. The average molecular weight is 403 g/mol. The van der Waals surface area contributed by atoms with E-state index in [0.29, 0.717) is 23.9 Å². The van der Waals surface area contributed by atoms with Gasteiger partial charge in [0.25, 0.3) is 10.0 Å². The molecular weight excluding hydrogens is 382 g/mol. The fourth-order valence-electron chi connectivity index (χ4n) is 2.73. The number of hydrogen-bond acceptors (Lipinski definition) is 6. The molecule has 1 amide bonds. The third-order valence-electron chi connectivity index (χ3n) is 4.23. The molecule has 0 aliphatic rings. The van der Waals surface area contributed by atoms with Crippen LogP contribution in [0.5, 0.6) is 5.75 Å². The van der Waals surface area contributed by atoms with E-state index in [9.17, 15) is 13.2 Å². The Morgan fingerprint density at radius 2 is 1.93 bits per heavy atom. The highest BCUT2D eigenvalue weighted by Gasteiger charge is 2.23. The summed E-state index contributed by atoms with van der Waals surface area (Å²) >= 11 is 0. The summed E-state index contributed by atoms with van der Waals surface area (Å²) in [5.41, 5.74) is 2.08. The highest BCUT2D eigenvalue weighted by Crippen LogP contribution is 2.30. The van der Waals surface area contributed by atoms with E-state index in [0.717, 1.165) is 11.1 Å². The Kier molecular flexibility index (Phi) is 5.55. The molecule has 0 atom stereocenters. The zero-order chi connectivity index (χ0) is 20.3. The fraction of sp³-hybridized carbons (Fsp3) is 0.263. The summed E-state index contributed by atoms with van der Waals surface area (Å²) in [6.45, 7) is 3.68. The number of methoxy groups -OCH3 is 1. The van der Waals surface area contributed by atoms with Gasteiger partial charge in [0, 0.05) is 13.5 Å². The van der Waals surface area contributed by atoms with Gasteiger partial charge in [0.2, 0.25) is 5.91 Å². The van der Waals surface area contributed by atoms with E-state index < -0.39 is 10.0 Å². The summed E-state index contributed by atoms with van der Waals surface area (Å²) in [5, 5.41) is 7.04. The van der Waals surface area contributed by atoms with Crippen molar-refractivity contribution in [3.63, 3.8) is 0 Å². The predicted molar refractivity (Wildman–Crippen MR) is 105 cm³/mol. The molecule has 3 rings (SSSR count). The molecule has 0 radical (unpaired) electrons. The Morgan fingerprint density at radius 3 is 2.61 bits per heavy atom. The predicted octanol–water partition coefficient (Wildman–Crippen LogP) is 2.84. The van der Waals surface area contributed by atoms with Crippen LogP contribution in [-0.2, 0) is 27.8 Å². The maximum atomic E-state index is 13.0. The highest BCUT2D eigenvalue weighted by molar-refractivity contribution is 7.92. The maximum absolute atomic E-state index is 13.0. The van der Waals surface area contributed by atoms with E-state index in [1.807, 2.05) is 13.0 Å². The van der Waals surface area contributed by atoms with E-state index >= 15 is 0 Å². The number of ether oxygens (including phenoxy) is 1. The van der Waals surface area contributed by atoms with Gasteiger partial charge in [0.1, 0.15) is 10.6 Å². The van der Waals surface area contributed by atoms with Gasteiger partial charge in [-0.3, -0.25) is 9.52 Å². The first kappa shape index (κ1) is 19.7. The minimum absolute atomic E-state index is 0.0277. The normalized spacial score (nSPS) is 11.4. The number of fused-ring (bicyclic) bond motifs is 1. The largest absolute Gasteiger partial charge is 0.495 e. The Balaban J connectivity index is 1.97. The lowest BCUT2D eigenvalue weighted by Gasteiger charge is -2.11. The van der Waals surface area contributed by atoms with Gasteiger partial charge in [0.15, 0.2) is 11.4 Å². The summed E-state index contributed by atoms with van der Waals surface area (Å²) < 4.78 is 38.8. The molecule has 1 aromatic heterocycles. The van der Waals surface area contributed by atoms with Gasteiger partial charge in [-0.2, -0.15) is 0 Å². The zero-order valence-corrected chi connectivity index (χ0v) is 16.6. The number of sulfonamides is 1. The summed E-state index contributed by atoms with van der Waals surface area (Å²) in [6, 6.07) is 10.2. The van der Waals surface area contributed by atoms with Gasteiger partial charge < -0.3 is 14.6 Å². The number of anilines is 1. The van der Waals surface area contributed by atoms with Crippen LogP contribution < -0.4 is 14.8 Å².